The first-order valence-corrected chi connectivity index (χ1v) is 27.2. The summed E-state index contributed by atoms with van der Waals surface area (Å²) in [4.78, 5) is 5.77. The Hall–Kier alpha value is -5.28. The zero-order chi connectivity index (χ0) is 49.2. The lowest BCUT2D eigenvalue weighted by Crippen LogP contribution is -2.54. The minimum Gasteiger partial charge on any atom is -0.334 e. The topological polar surface area (TPSA) is 11.4 Å². The predicted octanol–water partition coefficient (Wildman–Crippen LogP) is 17.9. The average Bonchev–Trinajstić information content (AvgIpc) is 3.85. The first-order valence-electron chi connectivity index (χ1n) is 27.2. The fraction of sp³-hybridized carbons (Fsp3) is 0.463. The molecule has 0 N–H and O–H groups in total. The lowest BCUT2D eigenvalue weighted by Gasteiger charge is -2.52. The van der Waals surface area contributed by atoms with Crippen LogP contribution in [0.5, 0.6) is 0 Å². The maximum atomic E-state index is 2.89. The number of benzene rings is 5. The molecule has 5 aromatic carbocycles. The van der Waals surface area contributed by atoms with Crippen LogP contribution in [0.15, 0.2) is 114 Å². The van der Waals surface area contributed by atoms with Gasteiger partial charge >= 0.3 is 0 Å². The van der Waals surface area contributed by atoms with E-state index in [-0.39, 0.29) is 50.0 Å². The van der Waals surface area contributed by atoms with Crippen molar-refractivity contribution in [2.24, 2.45) is 16.7 Å². The summed E-state index contributed by atoms with van der Waals surface area (Å²) in [5.41, 5.74) is 25.8. The summed E-state index contributed by atoms with van der Waals surface area (Å²) in [5.74, 6) is 0.379. The average molecular weight is 924 g/mol. The second kappa shape index (κ2) is 13.8. The van der Waals surface area contributed by atoms with Gasteiger partial charge in [-0.2, -0.15) is 0 Å². The third kappa shape index (κ3) is 5.59. The van der Waals surface area contributed by atoms with E-state index in [4.69, 9.17) is 0 Å². The van der Waals surface area contributed by atoms with E-state index in [1.807, 2.05) is 0 Å². The lowest BCUT2D eigenvalue weighted by atomic mass is 9.58. The number of hydrogen-bond donors (Lipinski definition) is 0. The quantitative estimate of drug-likeness (QED) is 0.171. The zero-order valence-corrected chi connectivity index (χ0v) is 45.1. The molecule has 0 amide bonds. The van der Waals surface area contributed by atoms with Crippen molar-refractivity contribution >= 4 is 33.7 Å². The zero-order valence-electron chi connectivity index (χ0n) is 45.1. The highest BCUT2D eigenvalue weighted by Gasteiger charge is 2.59. The van der Waals surface area contributed by atoms with Crippen LogP contribution in [0.4, 0.5) is 22.7 Å². The molecule has 3 heteroatoms. The maximum absolute atomic E-state index is 2.89. The third-order valence-electron chi connectivity index (χ3n) is 20.1. The summed E-state index contributed by atoms with van der Waals surface area (Å²) in [6.45, 7) is 37.1. The van der Waals surface area contributed by atoms with Crippen LogP contribution < -0.4 is 9.80 Å². The lowest BCUT2D eigenvalue weighted by molar-refractivity contribution is 0.195. The van der Waals surface area contributed by atoms with Crippen molar-refractivity contribution in [2.45, 2.75) is 182 Å². The molecule has 5 atom stereocenters. The van der Waals surface area contributed by atoms with Gasteiger partial charge in [0.2, 0.25) is 0 Å². The summed E-state index contributed by atoms with van der Waals surface area (Å²) < 4.78 is 2.79. The number of fused-ring (bicyclic) bond motifs is 13. The third-order valence-corrected chi connectivity index (χ3v) is 20.1. The first kappa shape index (κ1) is 44.6. The van der Waals surface area contributed by atoms with Crippen LogP contribution in [0, 0.1) is 16.7 Å². The van der Waals surface area contributed by atoms with Gasteiger partial charge in [-0.1, -0.05) is 189 Å². The van der Waals surface area contributed by atoms with Crippen molar-refractivity contribution in [1.82, 2.24) is 4.57 Å². The molecular formula is C67H77N3. The van der Waals surface area contributed by atoms with E-state index in [0.29, 0.717) is 5.92 Å². The van der Waals surface area contributed by atoms with E-state index in [1.54, 1.807) is 16.7 Å². The molecule has 0 saturated heterocycles. The SMILES string of the molecule is CC1C=C2C(=CC1N1c3cc(C(C)(C)C)ccc3C3c4c1cc(N1c5ccc(C(C)(C)C)cc5C5(C)CCCCC15C)cc4-n1c4c(c5cccc3c51)C(C)(C)c1ccccc1-4)C(C)(C)CCC2(C)C. The molecule has 7 aliphatic rings. The molecule has 4 heterocycles. The summed E-state index contributed by atoms with van der Waals surface area (Å²) >= 11 is 0. The summed E-state index contributed by atoms with van der Waals surface area (Å²) in [7, 11) is 0. The number of hydrogen-bond acceptors (Lipinski definition) is 2. The van der Waals surface area contributed by atoms with Gasteiger partial charge in [-0.05, 0) is 135 Å². The van der Waals surface area contributed by atoms with Crippen molar-refractivity contribution in [1.29, 1.82) is 0 Å². The van der Waals surface area contributed by atoms with Crippen LogP contribution in [-0.2, 0) is 21.7 Å². The highest BCUT2D eigenvalue weighted by molar-refractivity contribution is 6.04. The van der Waals surface area contributed by atoms with Crippen molar-refractivity contribution in [3.8, 4) is 16.9 Å². The second-order valence-corrected chi connectivity index (χ2v) is 27.6. The van der Waals surface area contributed by atoms with E-state index in [2.05, 4.69) is 221 Å². The summed E-state index contributed by atoms with van der Waals surface area (Å²) in [6.07, 6.45) is 12.8. The maximum Gasteiger partial charge on any atom is 0.0588 e. The molecule has 0 bridgehead atoms. The Bertz CT molecular complexity index is 3350. The molecule has 360 valence electrons. The number of rotatable bonds is 2. The summed E-state index contributed by atoms with van der Waals surface area (Å²) in [6, 6.07) is 37.4. The molecule has 13 rings (SSSR count). The van der Waals surface area contributed by atoms with E-state index in [0.717, 1.165) is 6.42 Å². The normalized spacial score (nSPS) is 27.2. The number of aromatic nitrogens is 1. The molecule has 1 aromatic heterocycles. The molecular weight excluding hydrogens is 847 g/mol. The minimum absolute atomic E-state index is 0.00576. The van der Waals surface area contributed by atoms with Crippen LogP contribution in [0.1, 0.15) is 193 Å². The minimum atomic E-state index is -0.148. The second-order valence-electron chi connectivity index (χ2n) is 27.6. The van der Waals surface area contributed by atoms with Gasteiger partial charge in [-0.25, -0.2) is 0 Å². The van der Waals surface area contributed by atoms with E-state index < -0.39 is 0 Å². The van der Waals surface area contributed by atoms with Gasteiger partial charge in [0.15, 0.2) is 0 Å². The van der Waals surface area contributed by atoms with Gasteiger partial charge in [0.25, 0.3) is 0 Å². The Kier molecular flexibility index (Phi) is 8.81. The molecule has 2 saturated carbocycles. The molecule has 0 spiro atoms. The summed E-state index contributed by atoms with van der Waals surface area (Å²) in [5, 5.41) is 1.40. The van der Waals surface area contributed by atoms with Crippen molar-refractivity contribution in [3.05, 3.63) is 159 Å². The molecule has 70 heavy (non-hydrogen) atoms. The van der Waals surface area contributed by atoms with Crippen LogP contribution in [-0.4, -0.2) is 16.1 Å². The standard InChI is InChI=1S/C67H77N3/c1-39-33-48-49(64(10,11)32-31-63(48,8)9)38-52(39)68-53-35-41(62(5,6)7)25-27-44(53)56-45-22-20-23-46-58-60(43-21-16-17-24-47(43)65(58,12)13)69(59(45)46)55-37-42(36-54(68)57(55)56)70-51-28-26-40(61(2,3)4)34-50(51)66(14)29-18-19-30-67(66,70)15/h16-17,20-28,33-39,52,56H,18-19,29-32H2,1-15H3. The molecule has 6 aromatic rings. The van der Waals surface area contributed by atoms with Crippen LogP contribution in [0.25, 0.3) is 27.8 Å². The molecule has 5 unspecified atom stereocenters. The van der Waals surface area contributed by atoms with Crippen molar-refractivity contribution < 1.29 is 0 Å². The Morgan fingerprint density at radius 1 is 0.571 bits per heavy atom. The fourth-order valence-electron chi connectivity index (χ4n) is 15.8. The van der Waals surface area contributed by atoms with Crippen LogP contribution >= 0.6 is 0 Å². The largest absolute Gasteiger partial charge is 0.334 e. The number of anilines is 4. The molecule has 3 aliphatic heterocycles. The van der Waals surface area contributed by atoms with Crippen LogP contribution in [0.2, 0.25) is 0 Å². The van der Waals surface area contributed by atoms with Gasteiger partial charge in [0.1, 0.15) is 0 Å². The van der Waals surface area contributed by atoms with E-state index >= 15 is 0 Å². The highest BCUT2D eigenvalue weighted by Crippen LogP contribution is 2.66. The van der Waals surface area contributed by atoms with Gasteiger partial charge in [-0.3, -0.25) is 0 Å². The monoisotopic (exact) mass is 924 g/mol. The molecule has 4 aliphatic carbocycles. The first-order chi connectivity index (χ1) is 32.9. The Balaban J connectivity index is 1.17. The Morgan fingerprint density at radius 2 is 1.23 bits per heavy atom. The highest BCUT2D eigenvalue weighted by atomic mass is 15.3. The van der Waals surface area contributed by atoms with Crippen LogP contribution in [0.3, 0.4) is 0 Å². The van der Waals surface area contributed by atoms with Crippen molar-refractivity contribution in [3.63, 3.8) is 0 Å². The van der Waals surface area contributed by atoms with E-state index in [9.17, 15) is 0 Å². The van der Waals surface area contributed by atoms with Gasteiger partial charge in [0.05, 0.1) is 34.2 Å². The molecule has 3 nitrogen and oxygen atoms in total. The number of allylic oxidation sites excluding steroid dienone is 2. The predicted molar refractivity (Wildman–Crippen MR) is 296 cm³/mol. The number of para-hydroxylation sites is 1. The molecule has 2 fully saturated rings. The number of nitrogens with zero attached hydrogens (tertiary/aromatic N) is 3. The van der Waals surface area contributed by atoms with Gasteiger partial charge in [0, 0.05) is 50.3 Å². The Labute approximate surface area is 420 Å². The fourth-order valence-corrected chi connectivity index (χ4v) is 15.8. The van der Waals surface area contributed by atoms with Gasteiger partial charge < -0.3 is 14.4 Å². The molecule has 0 radical (unpaired) electrons. The van der Waals surface area contributed by atoms with Crippen molar-refractivity contribution in [2.75, 3.05) is 9.80 Å². The van der Waals surface area contributed by atoms with Gasteiger partial charge in [-0.15, -0.1) is 0 Å². The van der Waals surface area contributed by atoms with E-state index in [1.165, 1.54) is 122 Å². The smallest absolute Gasteiger partial charge is 0.0588 e. The Morgan fingerprint density at radius 3 is 1.96 bits per heavy atom.